The molecule has 0 saturated carbocycles. The normalized spacial score (nSPS) is 18.4. The molecule has 0 radical (unpaired) electrons. The van der Waals surface area contributed by atoms with Gasteiger partial charge in [0.15, 0.2) is 0 Å². The summed E-state index contributed by atoms with van der Waals surface area (Å²) in [6, 6.07) is -0.157. The standard InChI is InChI=1S/C14H24N2O4/c1-3-7-15-14(19)11(2)16-8-4-12(5-9-16)20-10-6-13(17)18/h3,11-12H,1,4-10H2,2H3,(H,15,19)(H,17,18). The summed E-state index contributed by atoms with van der Waals surface area (Å²) in [5.41, 5.74) is 0. The van der Waals surface area contributed by atoms with Gasteiger partial charge < -0.3 is 15.2 Å². The molecule has 1 unspecified atom stereocenters. The number of likely N-dealkylation sites (tertiary alicyclic amines) is 1. The summed E-state index contributed by atoms with van der Waals surface area (Å²) in [7, 11) is 0. The van der Waals surface area contributed by atoms with Crippen LogP contribution in [0, 0.1) is 0 Å². The molecule has 0 aromatic heterocycles. The molecule has 1 aliphatic rings. The van der Waals surface area contributed by atoms with Crippen molar-refractivity contribution < 1.29 is 19.4 Å². The van der Waals surface area contributed by atoms with E-state index in [-0.39, 0.29) is 31.1 Å². The fraction of sp³-hybridized carbons (Fsp3) is 0.714. The number of nitrogens with one attached hydrogen (secondary N) is 1. The number of rotatable bonds is 8. The quantitative estimate of drug-likeness (QED) is 0.639. The summed E-state index contributed by atoms with van der Waals surface area (Å²) < 4.78 is 5.53. The predicted octanol–water partition coefficient (Wildman–Crippen LogP) is 0.633. The van der Waals surface area contributed by atoms with E-state index >= 15 is 0 Å². The molecule has 1 aliphatic heterocycles. The van der Waals surface area contributed by atoms with Crippen molar-refractivity contribution in [1.29, 1.82) is 0 Å². The van der Waals surface area contributed by atoms with Crippen molar-refractivity contribution in [3.63, 3.8) is 0 Å². The molecule has 1 heterocycles. The number of carbonyl (C=O) groups excluding carboxylic acids is 1. The zero-order valence-corrected chi connectivity index (χ0v) is 12.0. The van der Waals surface area contributed by atoms with Gasteiger partial charge >= 0.3 is 5.97 Å². The van der Waals surface area contributed by atoms with Gasteiger partial charge in [0.1, 0.15) is 0 Å². The Kier molecular flexibility index (Phi) is 7.25. The highest BCUT2D eigenvalue weighted by Gasteiger charge is 2.26. The summed E-state index contributed by atoms with van der Waals surface area (Å²) >= 11 is 0. The molecular weight excluding hydrogens is 260 g/mol. The van der Waals surface area contributed by atoms with Crippen LogP contribution in [-0.4, -0.2) is 60.3 Å². The van der Waals surface area contributed by atoms with Crippen molar-refractivity contribution in [2.24, 2.45) is 0 Å². The minimum absolute atomic E-state index is 0.00939. The van der Waals surface area contributed by atoms with Gasteiger partial charge in [-0.15, -0.1) is 6.58 Å². The lowest BCUT2D eigenvalue weighted by Gasteiger charge is -2.35. The number of nitrogens with zero attached hydrogens (tertiary/aromatic N) is 1. The van der Waals surface area contributed by atoms with E-state index in [4.69, 9.17) is 9.84 Å². The van der Waals surface area contributed by atoms with Crippen LogP contribution in [0.25, 0.3) is 0 Å². The number of carbonyl (C=O) groups is 2. The summed E-state index contributed by atoms with van der Waals surface area (Å²) in [4.78, 5) is 24.4. The summed E-state index contributed by atoms with van der Waals surface area (Å²) in [5.74, 6) is -0.829. The Morgan fingerprint density at radius 3 is 2.70 bits per heavy atom. The van der Waals surface area contributed by atoms with Crippen molar-refractivity contribution >= 4 is 11.9 Å². The first-order chi connectivity index (χ1) is 9.54. The van der Waals surface area contributed by atoms with Crippen LogP contribution in [0.1, 0.15) is 26.2 Å². The van der Waals surface area contributed by atoms with Crippen molar-refractivity contribution in [3.8, 4) is 0 Å². The Hall–Kier alpha value is -1.40. The average molecular weight is 284 g/mol. The number of aliphatic carboxylic acids is 1. The molecule has 1 fully saturated rings. The van der Waals surface area contributed by atoms with Crippen molar-refractivity contribution in [3.05, 3.63) is 12.7 Å². The second-order valence-electron chi connectivity index (χ2n) is 4.96. The van der Waals surface area contributed by atoms with Crippen LogP contribution in [0.2, 0.25) is 0 Å². The minimum atomic E-state index is -0.838. The maximum absolute atomic E-state index is 11.8. The molecule has 6 nitrogen and oxygen atoms in total. The van der Waals surface area contributed by atoms with E-state index in [1.807, 2.05) is 6.92 Å². The second-order valence-corrected chi connectivity index (χ2v) is 4.96. The number of hydrogen-bond acceptors (Lipinski definition) is 4. The first kappa shape index (κ1) is 16.7. The molecule has 0 spiro atoms. The Morgan fingerprint density at radius 2 is 2.15 bits per heavy atom. The number of carboxylic acid groups (broad SMARTS) is 1. The van der Waals surface area contributed by atoms with Gasteiger partial charge in [0.05, 0.1) is 25.2 Å². The maximum atomic E-state index is 11.8. The van der Waals surface area contributed by atoms with E-state index in [1.54, 1.807) is 6.08 Å². The Morgan fingerprint density at radius 1 is 1.50 bits per heavy atom. The van der Waals surface area contributed by atoms with E-state index in [9.17, 15) is 9.59 Å². The lowest BCUT2D eigenvalue weighted by Crippen LogP contribution is -2.49. The maximum Gasteiger partial charge on any atom is 0.305 e. The van der Waals surface area contributed by atoms with Crippen LogP contribution in [0.15, 0.2) is 12.7 Å². The molecule has 1 atom stereocenters. The van der Waals surface area contributed by atoms with Gasteiger partial charge in [-0.05, 0) is 19.8 Å². The average Bonchev–Trinajstić information content (AvgIpc) is 2.44. The van der Waals surface area contributed by atoms with E-state index in [2.05, 4.69) is 16.8 Å². The van der Waals surface area contributed by atoms with Gasteiger partial charge in [-0.3, -0.25) is 14.5 Å². The highest BCUT2D eigenvalue weighted by atomic mass is 16.5. The molecule has 6 heteroatoms. The third kappa shape index (κ3) is 5.71. The lowest BCUT2D eigenvalue weighted by molar-refractivity contribution is -0.139. The highest BCUT2D eigenvalue weighted by molar-refractivity contribution is 5.81. The fourth-order valence-corrected chi connectivity index (χ4v) is 2.23. The topological polar surface area (TPSA) is 78.9 Å². The van der Waals surface area contributed by atoms with Crippen LogP contribution in [0.3, 0.4) is 0 Å². The van der Waals surface area contributed by atoms with Crippen LogP contribution >= 0.6 is 0 Å². The van der Waals surface area contributed by atoms with Gasteiger partial charge in [0.25, 0.3) is 0 Å². The molecule has 2 N–H and O–H groups in total. The monoisotopic (exact) mass is 284 g/mol. The van der Waals surface area contributed by atoms with E-state index in [0.717, 1.165) is 25.9 Å². The second kappa shape index (κ2) is 8.71. The molecule has 0 aliphatic carbocycles. The van der Waals surface area contributed by atoms with Gasteiger partial charge in [0.2, 0.25) is 5.91 Å². The van der Waals surface area contributed by atoms with Crippen LogP contribution in [-0.2, 0) is 14.3 Å². The molecule has 0 bridgehead atoms. The van der Waals surface area contributed by atoms with E-state index in [1.165, 1.54) is 0 Å². The summed E-state index contributed by atoms with van der Waals surface area (Å²) in [6.45, 7) is 7.79. The molecule has 1 rings (SSSR count). The zero-order chi connectivity index (χ0) is 15.0. The number of amides is 1. The largest absolute Gasteiger partial charge is 0.481 e. The van der Waals surface area contributed by atoms with E-state index < -0.39 is 5.97 Å². The lowest BCUT2D eigenvalue weighted by atomic mass is 10.1. The summed E-state index contributed by atoms with van der Waals surface area (Å²) in [5, 5.41) is 11.3. The third-order valence-corrected chi connectivity index (χ3v) is 3.49. The number of piperidine rings is 1. The number of ether oxygens (including phenoxy) is 1. The van der Waals surface area contributed by atoms with Gasteiger partial charge in [-0.1, -0.05) is 6.08 Å². The third-order valence-electron chi connectivity index (χ3n) is 3.49. The molecular formula is C14H24N2O4. The van der Waals surface area contributed by atoms with Gasteiger partial charge in [-0.25, -0.2) is 0 Å². The molecule has 114 valence electrons. The highest BCUT2D eigenvalue weighted by Crippen LogP contribution is 2.16. The van der Waals surface area contributed by atoms with Crippen molar-refractivity contribution in [1.82, 2.24) is 10.2 Å². The summed E-state index contributed by atoms with van der Waals surface area (Å²) in [6.07, 6.45) is 3.47. The number of hydrogen-bond donors (Lipinski definition) is 2. The molecule has 0 aromatic rings. The molecule has 20 heavy (non-hydrogen) atoms. The van der Waals surface area contributed by atoms with Crippen molar-refractivity contribution in [2.75, 3.05) is 26.2 Å². The zero-order valence-electron chi connectivity index (χ0n) is 12.0. The fourth-order valence-electron chi connectivity index (χ4n) is 2.23. The van der Waals surface area contributed by atoms with Gasteiger partial charge in [0, 0.05) is 19.6 Å². The Bertz CT molecular complexity index is 338. The molecule has 1 saturated heterocycles. The smallest absolute Gasteiger partial charge is 0.305 e. The van der Waals surface area contributed by atoms with Crippen molar-refractivity contribution in [2.45, 2.75) is 38.3 Å². The van der Waals surface area contributed by atoms with Crippen LogP contribution in [0.5, 0.6) is 0 Å². The van der Waals surface area contributed by atoms with Gasteiger partial charge in [-0.2, -0.15) is 0 Å². The molecule has 1 amide bonds. The Balaban J connectivity index is 2.25. The first-order valence-corrected chi connectivity index (χ1v) is 7.00. The van der Waals surface area contributed by atoms with Crippen LogP contribution < -0.4 is 5.32 Å². The number of carboxylic acids is 1. The van der Waals surface area contributed by atoms with E-state index in [0.29, 0.717) is 6.54 Å². The molecule has 0 aromatic carbocycles. The first-order valence-electron chi connectivity index (χ1n) is 7.00. The Labute approximate surface area is 119 Å². The van der Waals surface area contributed by atoms with Crippen LogP contribution in [0.4, 0.5) is 0 Å². The predicted molar refractivity (Wildman–Crippen MR) is 75.5 cm³/mol. The SMILES string of the molecule is C=CCNC(=O)C(C)N1CCC(OCCC(=O)O)CC1. The minimum Gasteiger partial charge on any atom is -0.481 e.